The van der Waals surface area contributed by atoms with Crippen LogP contribution in [0.2, 0.25) is 0 Å². The van der Waals surface area contributed by atoms with Gasteiger partial charge in [-0.25, -0.2) is 0 Å². The molecule has 0 aliphatic heterocycles. The van der Waals surface area contributed by atoms with E-state index in [1.165, 1.54) is 37.8 Å². The SMILES string of the molecule is CCC(CC(=C(C#N)c1ncc(C)cc1C)c1ccc(C(=O)NC(C)C(F)(F)F)cc1)C1CCCC1. The van der Waals surface area contributed by atoms with E-state index in [2.05, 4.69) is 18.0 Å². The van der Waals surface area contributed by atoms with Gasteiger partial charge in [-0.1, -0.05) is 57.2 Å². The largest absolute Gasteiger partial charge is 0.408 e. The number of halogens is 3. The van der Waals surface area contributed by atoms with Gasteiger partial charge in [-0.15, -0.1) is 0 Å². The Balaban J connectivity index is 2.02. The van der Waals surface area contributed by atoms with Crippen molar-refractivity contribution in [2.24, 2.45) is 11.8 Å². The van der Waals surface area contributed by atoms with Crippen LogP contribution in [0.5, 0.6) is 0 Å². The number of pyridine rings is 1. The third-order valence-electron chi connectivity index (χ3n) is 7.26. The molecule has 1 aliphatic carbocycles. The van der Waals surface area contributed by atoms with E-state index in [-0.39, 0.29) is 5.56 Å². The molecule has 1 fully saturated rings. The Morgan fingerprint density at radius 3 is 2.31 bits per heavy atom. The molecule has 3 rings (SSSR count). The number of nitrogens with one attached hydrogen (secondary N) is 1. The Labute approximate surface area is 211 Å². The number of alkyl halides is 3. The van der Waals surface area contributed by atoms with Crippen molar-refractivity contribution in [2.45, 2.75) is 78.4 Å². The van der Waals surface area contributed by atoms with E-state index < -0.39 is 18.1 Å². The molecule has 1 amide bonds. The fourth-order valence-corrected chi connectivity index (χ4v) is 5.12. The second-order valence-electron chi connectivity index (χ2n) is 9.87. The first-order valence-corrected chi connectivity index (χ1v) is 12.6. The lowest BCUT2D eigenvalue weighted by atomic mass is 9.80. The van der Waals surface area contributed by atoms with Gasteiger partial charge in [0.15, 0.2) is 0 Å². The number of aryl methyl sites for hydroxylation is 2. The van der Waals surface area contributed by atoms with Crippen LogP contribution in [0, 0.1) is 37.0 Å². The Hall–Kier alpha value is -3.14. The number of hydrogen-bond acceptors (Lipinski definition) is 3. The van der Waals surface area contributed by atoms with Crippen LogP contribution in [-0.2, 0) is 0 Å². The average Bonchev–Trinajstić information content (AvgIpc) is 3.37. The number of amides is 1. The highest BCUT2D eigenvalue weighted by Gasteiger charge is 2.37. The molecule has 1 N–H and O–H groups in total. The molecule has 0 bridgehead atoms. The van der Waals surface area contributed by atoms with Crippen LogP contribution in [0.4, 0.5) is 13.2 Å². The van der Waals surface area contributed by atoms with Crippen molar-refractivity contribution in [3.05, 3.63) is 64.5 Å². The average molecular weight is 498 g/mol. The molecule has 0 saturated heterocycles. The van der Waals surface area contributed by atoms with Gasteiger partial charge in [0.2, 0.25) is 0 Å². The maximum Gasteiger partial charge on any atom is 0.408 e. The van der Waals surface area contributed by atoms with Crippen LogP contribution in [0.3, 0.4) is 0 Å². The van der Waals surface area contributed by atoms with E-state index in [4.69, 9.17) is 0 Å². The fourth-order valence-electron chi connectivity index (χ4n) is 5.12. The maximum atomic E-state index is 12.9. The Bertz CT molecular complexity index is 1140. The standard InChI is InChI=1S/C29H34F3N3O/c1-5-21(22-8-6-7-9-22)15-25(26(16-33)27-19(3)14-18(2)17-34-27)23-10-12-24(13-11-23)28(36)35-20(4)29(30,31)32/h10-14,17,20-22H,5-9,15H2,1-4H3,(H,35,36). The Morgan fingerprint density at radius 1 is 1.17 bits per heavy atom. The van der Waals surface area contributed by atoms with Gasteiger partial charge in [-0.3, -0.25) is 9.78 Å². The van der Waals surface area contributed by atoms with Crippen molar-refractivity contribution in [1.82, 2.24) is 10.3 Å². The number of nitriles is 1. The summed E-state index contributed by atoms with van der Waals surface area (Å²) in [6, 6.07) is 8.94. The first kappa shape index (κ1) is 27.4. The van der Waals surface area contributed by atoms with Crippen LogP contribution in [0.25, 0.3) is 11.1 Å². The van der Waals surface area contributed by atoms with Gasteiger partial charge in [0.05, 0.1) is 11.3 Å². The summed E-state index contributed by atoms with van der Waals surface area (Å²) >= 11 is 0. The number of allylic oxidation sites excluding steroid dienone is 2. The van der Waals surface area contributed by atoms with Crippen LogP contribution in [-0.4, -0.2) is 23.1 Å². The van der Waals surface area contributed by atoms with E-state index in [1.807, 2.05) is 25.2 Å². The molecule has 2 aromatic rings. The topological polar surface area (TPSA) is 65.8 Å². The van der Waals surface area contributed by atoms with Crippen LogP contribution in [0.15, 0.2) is 36.5 Å². The zero-order chi connectivity index (χ0) is 26.5. The molecule has 0 radical (unpaired) electrons. The molecule has 192 valence electrons. The van der Waals surface area contributed by atoms with Gasteiger partial charge in [-0.05, 0) is 73.4 Å². The third-order valence-corrected chi connectivity index (χ3v) is 7.26. The molecule has 2 unspecified atom stereocenters. The molecule has 0 spiro atoms. The van der Waals surface area contributed by atoms with Crippen molar-refractivity contribution in [2.75, 3.05) is 0 Å². The van der Waals surface area contributed by atoms with Gasteiger partial charge in [0.1, 0.15) is 12.1 Å². The Kier molecular flexibility index (Phi) is 8.94. The lowest BCUT2D eigenvalue weighted by molar-refractivity contribution is -0.149. The molecule has 1 aliphatic rings. The summed E-state index contributed by atoms with van der Waals surface area (Å²) in [5.74, 6) is 0.226. The zero-order valence-corrected chi connectivity index (χ0v) is 21.4. The van der Waals surface area contributed by atoms with E-state index in [0.29, 0.717) is 29.5 Å². The highest BCUT2D eigenvalue weighted by molar-refractivity contribution is 5.98. The normalized spacial score (nSPS) is 16.7. The zero-order valence-electron chi connectivity index (χ0n) is 21.4. The van der Waals surface area contributed by atoms with Crippen LogP contribution in [0.1, 0.15) is 85.1 Å². The van der Waals surface area contributed by atoms with Gasteiger partial charge in [0.25, 0.3) is 5.91 Å². The number of rotatable bonds is 8. The minimum absolute atomic E-state index is 0.139. The second-order valence-corrected chi connectivity index (χ2v) is 9.87. The number of nitrogens with zero attached hydrogens (tertiary/aromatic N) is 2. The minimum atomic E-state index is -4.51. The predicted octanol–water partition coefficient (Wildman–Crippen LogP) is 7.42. The summed E-state index contributed by atoms with van der Waals surface area (Å²) in [5, 5.41) is 12.3. The Morgan fingerprint density at radius 2 is 1.78 bits per heavy atom. The summed E-state index contributed by atoms with van der Waals surface area (Å²) in [6.07, 6.45) is 3.76. The molecule has 1 heterocycles. The number of carbonyl (C=O) groups is 1. The van der Waals surface area contributed by atoms with E-state index >= 15 is 0 Å². The van der Waals surface area contributed by atoms with Crippen LogP contribution < -0.4 is 5.32 Å². The predicted molar refractivity (Wildman–Crippen MR) is 136 cm³/mol. The molecule has 1 aromatic heterocycles. The summed E-state index contributed by atoms with van der Waals surface area (Å²) in [6.45, 7) is 6.99. The molecule has 1 aromatic carbocycles. The molecular weight excluding hydrogens is 463 g/mol. The maximum absolute atomic E-state index is 12.9. The lowest BCUT2D eigenvalue weighted by Gasteiger charge is -2.25. The first-order chi connectivity index (χ1) is 17.0. The monoisotopic (exact) mass is 497 g/mol. The summed E-state index contributed by atoms with van der Waals surface area (Å²) in [7, 11) is 0. The summed E-state index contributed by atoms with van der Waals surface area (Å²) in [4.78, 5) is 17.0. The number of benzene rings is 1. The fraction of sp³-hybridized carbons (Fsp3) is 0.483. The summed E-state index contributed by atoms with van der Waals surface area (Å²) in [5.41, 5.74) is 4.86. The van der Waals surface area contributed by atoms with Gasteiger partial charge in [-0.2, -0.15) is 18.4 Å². The van der Waals surface area contributed by atoms with Gasteiger partial charge in [0, 0.05) is 11.8 Å². The van der Waals surface area contributed by atoms with Crippen LogP contribution >= 0.6 is 0 Å². The van der Waals surface area contributed by atoms with Gasteiger partial charge < -0.3 is 5.32 Å². The third kappa shape index (κ3) is 6.54. The summed E-state index contributed by atoms with van der Waals surface area (Å²) < 4.78 is 38.6. The smallest absolute Gasteiger partial charge is 0.341 e. The quantitative estimate of drug-likeness (QED) is 0.386. The number of hydrogen-bond donors (Lipinski definition) is 1. The lowest BCUT2D eigenvalue weighted by Crippen LogP contribution is -2.43. The van der Waals surface area contributed by atoms with Gasteiger partial charge >= 0.3 is 6.18 Å². The van der Waals surface area contributed by atoms with Crippen molar-refractivity contribution in [1.29, 1.82) is 5.26 Å². The number of carbonyl (C=O) groups excluding carboxylic acids is 1. The van der Waals surface area contributed by atoms with E-state index in [1.54, 1.807) is 18.3 Å². The van der Waals surface area contributed by atoms with E-state index in [9.17, 15) is 23.2 Å². The first-order valence-electron chi connectivity index (χ1n) is 12.6. The van der Waals surface area contributed by atoms with Crippen molar-refractivity contribution < 1.29 is 18.0 Å². The van der Waals surface area contributed by atoms with Crippen molar-refractivity contribution in [3.8, 4) is 6.07 Å². The molecular formula is C29H34F3N3O. The highest BCUT2D eigenvalue weighted by atomic mass is 19.4. The minimum Gasteiger partial charge on any atom is -0.341 e. The molecule has 36 heavy (non-hydrogen) atoms. The molecule has 1 saturated carbocycles. The molecule has 4 nitrogen and oxygen atoms in total. The van der Waals surface area contributed by atoms with Crippen molar-refractivity contribution in [3.63, 3.8) is 0 Å². The van der Waals surface area contributed by atoms with Crippen molar-refractivity contribution >= 4 is 17.1 Å². The highest BCUT2D eigenvalue weighted by Crippen LogP contribution is 2.40. The molecule has 2 atom stereocenters. The van der Waals surface area contributed by atoms with E-state index in [0.717, 1.165) is 35.6 Å². The second kappa shape index (κ2) is 11.7. The number of aromatic nitrogens is 1. The molecule has 7 heteroatoms.